The van der Waals surface area contributed by atoms with Crippen LogP contribution in [0.25, 0.3) is 0 Å². The predicted molar refractivity (Wildman–Crippen MR) is 81.5 cm³/mol. The van der Waals surface area contributed by atoms with Gasteiger partial charge in [-0.25, -0.2) is 0 Å². The Kier molecular flexibility index (Phi) is 7.02. The van der Waals surface area contributed by atoms with E-state index in [-0.39, 0.29) is 12.6 Å². The second-order valence-corrected chi connectivity index (χ2v) is 5.24. The maximum atomic E-state index is 12.0. The largest absolute Gasteiger partial charge is 0.497 e. The Morgan fingerprint density at radius 2 is 1.75 bits per heavy atom. The minimum atomic E-state index is -5.00. The van der Waals surface area contributed by atoms with E-state index in [9.17, 15) is 22.8 Å². The summed E-state index contributed by atoms with van der Waals surface area (Å²) in [6.45, 7) is -0.554. The standard InChI is InChI=1S/C15H20F3N3O3/c1-21(2)12(10-4-6-11(24-3)7-5-10)8-19-13(22)9-20-14(23)15(16,17)18/h4-7,12H,8-9H2,1-3H3,(H,19,22)(H,20,23). The lowest BCUT2D eigenvalue weighted by atomic mass is 10.1. The summed E-state index contributed by atoms with van der Waals surface area (Å²) in [4.78, 5) is 24.1. The lowest BCUT2D eigenvalue weighted by Gasteiger charge is -2.25. The molecule has 0 fully saturated rings. The van der Waals surface area contributed by atoms with Gasteiger partial charge in [-0.05, 0) is 31.8 Å². The van der Waals surface area contributed by atoms with Gasteiger partial charge in [-0.2, -0.15) is 13.2 Å². The molecule has 1 aromatic carbocycles. The van der Waals surface area contributed by atoms with Gasteiger partial charge in [0, 0.05) is 6.54 Å². The summed E-state index contributed by atoms with van der Waals surface area (Å²) in [7, 11) is 5.17. The third-order valence-electron chi connectivity index (χ3n) is 3.28. The third-order valence-corrected chi connectivity index (χ3v) is 3.28. The lowest BCUT2D eigenvalue weighted by Crippen LogP contribution is -2.44. The molecule has 134 valence electrons. The van der Waals surface area contributed by atoms with Crippen LogP contribution >= 0.6 is 0 Å². The Labute approximate surface area is 138 Å². The van der Waals surface area contributed by atoms with Crippen molar-refractivity contribution in [2.45, 2.75) is 12.2 Å². The van der Waals surface area contributed by atoms with Crippen LogP contribution in [0.1, 0.15) is 11.6 Å². The quantitative estimate of drug-likeness (QED) is 0.775. The van der Waals surface area contributed by atoms with E-state index in [1.165, 1.54) is 5.32 Å². The highest BCUT2D eigenvalue weighted by Crippen LogP contribution is 2.20. The van der Waals surface area contributed by atoms with Crippen molar-refractivity contribution in [3.05, 3.63) is 29.8 Å². The summed E-state index contributed by atoms with van der Waals surface area (Å²) in [5.41, 5.74) is 0.903. The fourth-order valence-electron chi connectivity index (χ4n) is 1.96. The number of halogens is 3. The van der Waals surface area contributed by atoms with Crippen LogP contribution in [0.15, 0.2) is 24.3 Å². The topological polar surface area (TPSA) is 70.7 Å². The van der Waals surface area contributed by atoms with Crippen molar-refractivity contribution in [1.29, 1.82) is 0 Å². The highest BCUT2D eigenvalue weighted by atomic mass is 19.4. The molecule has 6 nitrogen and oxygen atoms in total. The first-order chi connectivity index (χ1) is 11.1. The number of benzene rings is 1. The van der Waals surface area contributed by atoms with Crippen molar-refractivity contribution < 1.29 is 27.5 Å². The van der Waals surface area contributed by atoms with Crippen molar-refractivity contribution in [3.8, 4) is 5.75 Å². The first-order valence-corrected chi connectivity index (χ1v) is 7.07. The van der Waals surface area contributed by atoms with E-state index in [0.29, 0.717) is 5.75 Å². The lowest BCUT2D eigenvalue weighted by molar-refractivity contribution is -0.173. The molecule has 0 bridgehead atoms. The van der Waals surface area contributed by atoms with Crippen LogP contribution in [-0.4, -0.2) is 57.2 Å². The third kappa shape index (κ3) is 6.07. The predicted octanol–water partition coefficient (Wildman–Crippen LogP) is 1.09. The molecule has 1 rings (SSSR count). The summed E-state index contributed by atoms with van der Waals surface area (Å²) in [6, 6.07) is 7.04. The van der Waals surface area contributed by atoms with Gasteiger partial charge in [-0.3, -0.25) is 9.59 Å². The van der Waals surface area contributed by atoms with Crippen LogP contribution in [0.2, 0.25) is 0 Å². The first-order valence-electron chi connectivity index (χ1n) is 7.07. The van der Waals surface area contributed by atoms with E-state index in [1.54, 1.807) is 19.2 Å². The summed E-state index contributed by atoms with van der Waals surface area (Å²) < 4.78 is 41.2. The average Bonchev–Trinajstić information content (AvgIpc) is 2.52. The van der Waals surface area contributed by atoms with Crippen molar-refractivity contribution >= 4 is 11.8 Å². The molecule has 0 radical (unpaired) electrons. The number of carbonyl (C=O) groups is 2. The van der Waals surface area contributed by atoms with E-state index in [4.69, 9.17) is 4.74 Å². The summed E-state index contributed by atoms with van der Waals surface area (Å²) in [5.74, 6) is -2.15. The number of methoxy groups -OCH3 is 1. The molecule has 1 unspecified atom stereocenters. The van der Waals surface area contributed by atoms with E-state index in [1.807, 2.05) is 31.1 Å². The molecule has 0 aliphatic carbocycles. The summed E-state index contributed by atoms with van der Waals surface area (Å²) in [6.07, 6.45) is -5.00. The van der Waals surface area contributed by atoms with E-state index in [0.717, 1.165) is 5.56 Å². The summed E-state index contributed by atoms with van der Waals surface area (Å²) >= 11 is 0. The highest BCUT2D eigenvalue weighted by Gasteiger charge is 2.38. The van der Waals surface area contributed by atoms with Crippen LogP contribution in [0.4, 0.5) is 13.2 Å². The number of alkyl halides is 3. The zero-order valence-corrected chi connectivity index (χ0v) is 13.6. The highest BCUT2D eigenvalue weighted by molar-refractivity contribution is 5.87. The average molecular weight is 347 g/mol. The Balaban J connectivity index is 2.57. The fraction of sp³-hybridized carbons (Fsp3) is 0.467. The Morgan fingerprint density at radius 3 is 2.21 bits per heavy atom. The van der Waals surface area contributed by atoms with Gasteiger partial charge in [0.15, 0.2) is 0 Å². The van der Waals surface area contributed by atoms with Gasteiger partial charge in [-0.15, -0.1) is 0 Å². The molecule has 2 amide bonds. The van der Waals surface area contributed by atoms with E-state index < -0.39 is 24.5 Å². The Morgan fingerprint density at radius 1 is 1.17 bits per heavy atom. The van der Waals surface area contributed by atoms with E-state index in [2.05, 4.69) is 5.32 Å². The van der Waals surface area contributed by atoms with Crippen molar-refractivity contribution in [3.63, 3.8) is 0 Å². The molecule has 1 atom stereocenters. The van der Waals surface area contributed by atoms with Gasteiger partial charge in [-0.1, -0.05) is 12.1 Å². The van der Waals surface area contributed by atoms with Gasteiger partial charge >= 0.3 is 12.1 Å². The minimum absolute atomic E-state index is 0.181. The zero-order valence-electron chi connectivity index (χ0n) is 13.6. The van der Waals surface area contributed by atoms with Gasteiger partial charge in [0.25, 0.3) is 0 Å². The molecule has 0 heterocycles. The number of hydrogen-bond acceptors (Lipinski definition) is 4. The van der Waals surface area contributed by atoms with Crippen molar-refractivity contribution in [1.82, 2.24) is 15.5 Å². The number of nitrogens with zero attached hydrogens (tertiary/aromatic N) is 1. The minimum Gasteiger partial charge on any atom is -0.497 e. The number of amides is 2. The molecule has 0 spiro atoms. The van der Waals surface area contributed by atoms with Crippen LogP contribution in [0, 0.1) is 0 Å². The number of rotatable bonds is 7. The Bertz CT molecular complexity index is 559. The van der Waals surface area contributed by atoms with Crippen LogP contribution in [-0.2, 0) is 9.59 Å². The molecule has 2 N–H and O–H groups in total. The molecule has 0 aromatic heterocycles. The molecular weight excluding hydrogens is 327 g/mol. The fourth-order valence-corrected chi connectivity index (χ4v) is 1.96. The zero-order chi connectivity index (χ0) is 18.3. The molecule has 0 saturated heterocycles. The molecule has 1 aromatic rings. The molecule has 24 heavy (non-hydrogen) atoms. The SMILES string of the molecule is COc1ccc(C(CNC(=O)CNC(=O)C(F)(F)F)N(C)C)cc1. The summed E-state index contributed by atoms with van der Waals surface area (Å²) in [5, 5.41) is 4.03. The molecule has 9 heteroatoms. The van der Waals surface area contributed by atoms with Gasteiger partial charge in [0.05, 0.1) is 19.7 Å². The van der Waals surface area contributed by atoms with Crippen LogP contribution in [0.3, 0.4) is 0 Å². The van der Waals surface area contributed by atoms with Crippen LogP contribution in [0.5, 0.6) is 5.75 Å². The first kappa shape index (κ1) is 19.8. The molecule has 0 aliphatic heterocycles. The Hall–Kier alpha value is -2.29. The monoisotopic (exact) mass is 347 g/mol. The van der Waals surface area contributed by atoms with Gasteiger partial charge < -0.3 is 20.3 Å². The van der Waals surface area contributed by atoms with Crippen molar-refractivity contribution in [2.75, 3.05) is 34.3 Å². The molecule has 0 saturated carbocycles. The number of likely N-dealkylation sites (N-methyl/N-ethyl adjacent to an activating group) is 1. The maximum Gasteiger partial charge on any atom is 0.471 e. The molecular formula is C15H20F3N3O3. The second kappa shape index (κ2) is 8.53. The number of nitrogens with one attached hydrogen (secondary N) is 2. The van der Waals surface area contributed by atoms with Crippen LogP contribution < -0.4 is 15.4 Å². The van der Waals surface area contributed by atoms with Crippen molar-refractivity contribution in [2.24, 2.45) is 0 Å². The smallest absolute Gasteiger partial charge is 0.471 e. The number of hydrogen-bond donors (Lipinski definition) is 2. The second-order valence-electron chi connectivity index (χ2n) is 5.24. The molecule has 0 aliphatic rings. The number of ether oxygens (including phenoxy) is 1. The maximum absolute atomic E-state index is 12.0. The normalized spacial score (nSPS) is 12.6. The van der Waals surface area contributed by atoms with E-state index >= 15 is 0 Å². The van der Waals surface area contributed by atoms with Gasteiger partial charge in [0.1, 0.15) is 5.75 Å². The van der Waals surface area contributed by atoms with Gasteiger partial charge in [0.2, 0.25) is 5.91 Å². The number of carbonyl (C=O) groups excluding carboxylic acids is 2.